The van der Waals surface area contributed by atoms with Gasteiger partial charge in [-0.1, -0.05) is 59.6 Å². The molecule has 4 rings (SSSR count). The summed E-state index contributed by atoms with van der Waals surface area (Å²) in [6.07, 6.45) is 1.75. The maximum atomic E-state index is 10.6. The van der Waals surface area contributed by atoms with Gasteiger partial charge >= 0.3 is 0 Å². The molecule has 0 aliphatic heterocycles. The van der Waals surface area contributed by atoms with Gasteiger partial charge < -0.3 is 9.84 Å². The number of H-pyrrole nitrogens is 1. The van der Waals surface area contributed by atoms with E-state index in [4.69, 9.17) is 27.9 Å². The third-order valence-electron chi connectivity index (χ3n) is 4.37. The molecule has 0 atom stereocenters. The molecule has 4 nitrogen and oxygen atoms in total. The highest BCUT2D eigenvalue weighted by Crippen LogP contribution is 2.37. The van der Waals surface area contributed by atoms with Gasteiger partial charge in [-0.3, -0.25) is 5.10 Å². The van der Waals surface area contributed by atoms with Crippen molar-refractivity contribution in [2.24, 2.45) is 0 Å². The number of rotatable bonds is 5. The smallest absolute Gasteiger partial charge is 0.128 e. The third-order valence-corrected chi connectivity index (χ3v) is 4.96. The Hall–Kier alpha value is -2.95. The summed E-state index contributed by atoms with van der Waals surface area (Å²) in [5.74, 6) is 0.633. The molecule has 1 aromatic heterocycles. The second-order valence-electron chi connectivity index (χ2n) is 6.23. The molecular formula is C22H16Cl2N2O2. The highest BCUT2D eigenvalue weighted by molar-refractivity contribution is 6.35. The Morgan fingerprint density at radius 2 is 1.75 bits per heavy atom. The Balaban J connectivity index is 1.57. The minimum atomic E-state index is 0.0983. The van der Waals surface area contributed by atoms with Crippen molar-refractivity contribution in [2.45, 2.75) is 6.61 Å². The summed E-state index contributed by atoms with van der Waals surface area (Å²) in [4.78, 5) is 0. The summed E-state index contributed by atoms with van der Waals surface area (Å²) in [6.45, 7) is 0.272. The van der Waals surface area contributed by atoms with Crippen molar-refractivity contribution >= 4 is 23.2 Å². The minimum absolute atomic E-state index is 0.0983. The van der Waals surface area contributed by atoms with Gasteiger partial charge in [0.25, 0.3) is 0 Å². The number of phenols is 1. The van der Waals surface area contributed by atoms with E-state index in [1.807, 2.05) is 36.4 Å². The summed E-state index contributed by atoms with van der Waals surface area (Å²) in [7, 11) is 0. The SMILES string of the molecule is Oc1cc(OCc2ccc(Cl)cc2Cl)ccc1-c1[nH]ncc1-c1ccccc1. The van der Waals surface area contributed by atoms with E-state index in [0.29, 0.717) is 21.4 Å². The lowest BCUT2D eigenvalue weighted by Gasteiger charge is -2.11. The first kappa shape index (κ1) is 18.4. The van der Waals surface area contributed by atoms with E-state index < -0.39 is 0 Å². The molecule has 28 heavy (non-hydrogen) atoms. The standard InChI is InChI=1S/C22H16Cl2N2O2/c23-16-7-6-15(20(24)10-16)13-28-17-8-9-18(21(27)11-17)22-19(12-25-26-22)14-4-2-1-3-5-14/h1-12,27H,13H2,(H,25,26). The number of hydrogen-bond acceptors (Lipinski definition) is 3. The molecule has 4 aromatic rings. The summed E-state index contributed by atoms with van der Waals surface area (Å²) < 4.78 is 5.77. The molecule has 0 saturated carbocycles. The minimum Gasteiger partial charge on any atom is -0.507 e. The van der Waals surface area contributed by atoms with E-state index in [0.717, 1.165) is 22.4 Å². The van der Waals surface area contributed by atoms with Gasteiger partial charge in [0.1, 0.15) is 18.1 Å². The van der Waals surface area contributed by atoms with E-state index in [2.05, 4.69) is 10.2 Å². The van der Waals surface area contributed by atoms with Crippen LogP contribution in [0.3, 0.4) is 0 Å². The topological polar surface area (TPSA) is 58.1 Å². The monoisotopic (exact) mass is 410 g/mol. The van der Waals surface area contributed by atoms with E-state index in [-0.39, 0.29) is 12.4 Å². The lowest BCUT2D eigenvalue weighted by molar-refractivity contribution is 0.304. The first-order chi connectivity index (χ1) is 13.6. The van der Waals surface area contributed by atoms with Crippen molar-refractivity contribution < 1.29 is 9.84 Å². The molecule has 140 valence electrons. The number of nitrogens with one attached hydrogen (secondary N) is 1. The molecule has 0 amide bonds. The predicted octanol–water partition coefficient (Wildman–Crippen LogP) is 6.34. The molecule has 0 aliphatic carbocycles. The van der Waals surface area contributed by atoms with Crippen LogP contribution in [0.15, 0.2) is 72.9 Å². The summed E-state index contributed by atoms with van der Waals surface area (Å²) >= 11 is 12.1. The number of ether oxygens (including phenoxy) is 1. The molecule has 0 aliphatic rings. The molecule has 0 fully saturated rings. The van der Waals surface area contributed by atoms with Gasteiger partial charge in [0.15, 0.2) is 0 Å². The summed E-state index contributed by atoms with van der Waals surface area (Å²) in [5, 5.41) is 18.8. The zero-order valence-corrected chi connectivity index (χ0v) is 16.2. The lowest BCUT2D eigenvalue weighted by atomic mass is 10.0. The zero-order valence-electron chi connectivity index (χ0n) is 14.7. The van der Waals surface area contributed by atoms with Crippen molar-refractivity contribution in [1.29, 1.82) is 0 Å². The average molecular weight is 411 g/mol. The molecule has 3 aromatic carbocycles. The number of benzene rings is 3. The van der Waals surface area contributed by atoms with Gasteiger partial charge in [0.2, 0.25) is 0 Å². The van der Waals surface area contributed by atoms with E-state index >= 15 is 0 Å². The number of aromatic hydroxyl groups is 1. The molecule has 0 spiro atoms. The highest BCUT2D eigenvalue weighted by Gasteiger charge is 2.14. The van der Waals surface area contributed by atoms with Crippen LogP contribution in [0.5, 0.6) is 11.5 Å². The van der Waals surface area contributed by atoms with Crippen molar-refractivity contribution in [3.05, 3.63) is 88.5 Å². The molecule has 0 unspecified atom stereocenters. The third kappa shape index (κ3) is 3.84. The lowest BCUT2D eigenvalue weighted by Crippen LogP contribution is -1.96. The Kier molecular flexibility index (Phi) is 5.24. The molecule has 2 N–H and O–H groups in total. The van der Waals surface area contributed by atoms with E-state index in [9.17, 15) is 5.11 Å². The number of nitrogens with zero attached hydrogens (tertiary/aromatic N) is 1. The van der Waals surface area contributed by atoms with Crippen LogP contribution in [-0.2, 0) is 6.61 Å². The molecule has 0 bridgehead atoms. The number of aromatic amines is 1. The van der Waals surface area contributed by atoms with Crippen LogP contribution in [0.25, 0.3) is 22.4 Å². The zero-order chi connectivity index (χ0) is 19.5. The van der Waals surface area contributed by atoms with Gasteiger partial charge in [-0.2, -0.15) is 5.10 Å². The second-order valence-corrected chi connectivity index (χ2v) is 7.07. The Morgan fingerprint density at radius 1 is 0.929 bits per heavy atom. The number of phenolic OH excluding ortho intramolecular Hbond substituents is 1. The van der Waals surface area contributed by atoms with Crippen molar-refractivity contribution in [2.75, 3.05) is 0 Å². The van der Waals surface area contributed by atoms with Crippen LogP contribution in [-0.4, -0.2) is 15.3 Å². The Labute approximate surface area is 172 Å². The molecule has 1 heterocycles. The normalized spacial score (nSPS) is 10.8. The number of hydrogen-bond donors (Lipinski definition) is 2. The maximum Gasteiger partial charge on any atom is 0.128 e. The fourth-order valence-electron chi connectivity index (χ4n) is 2.94. The Bertz CT molecular complexity index is 1110. The maximum absolute atomic E-state index is 10.6. The summed E-state index contributed by atoms with van der Waals surface area (Å²) in [5.41, 5.74) is 4.14. The van der Waals surface area contributed by atoms with Crippen molar-refractivity contribution in [3.63, 3.8) is 0 Å². The van der Waals surface area contributed by atoms with Gasteiger partial charge in [0.05, 0.1) is 11.9 Å². The first-order valence-corrected chi connectivity index (χ1v) is 9.36. The van der Waals surface area contributed by atoms with Gasteiger partial charge in [-0.25, -0.2) is 0 Å². The Morgan fingerprint density at radius 3 is 2.50 bits per heavy atom. The van der Waals surface area contributed by atoms with E-state index in [1.54, 1.807) is 36.5 Å². The summed E-state index contributed by atoms with van der Waals surface area (Å²) in [6, 6.07) is 20.3. The number of halogens is 2. The van der Waals surface area contributed by atoms with Crippen LogP contribution in [0, 0.1) is 0 Å². The fourth-order valence-corrected chi connectivity index (χ4v) is 3.40. The van der Waals surface area contributed by atoms with Gasteiger partial charge in [-0.15, -0.1) is 0 Å². The van der Waals surface area contributed by atoms with Crippen molar-refractivity contribution in [3.8, 4) is 33.9 Å². The van der Waals surface area contributed by atoms with Crippen molar-refractivity contribution in [1.82, 2.24) is 10.2 Å². The molecule has 0 saturated heterocycles. The van der Waals surface area contributed by atoms with Crippen LogP contribution < -0.4 is 4.74 Å². The quantitative estimate of drug-likeness (QED) is 0.403. The van der Waals surface area contributed by atoms with Crippen LogP contribution in [0.2, 0.25) is 10.0 Å². The molecule has 6 heteroatoms. The van der Waals surface area contributed by atoms with Gasteiger partial charge in [-0.05, 0) is 29.8 Å². The largest absolute Gasteiger partial charge is 0.507 e. The predicted molar refractivity (Wildman–Crippen MR) is 112 cm³/mol. The average Bonchev–Trinajstić information content (AvgIpc) is 3.17. The first-order valence-electron chi connectivity index (χ1n) is 8.61. The van der Waals surface area contributed by atoms with E-state index in [1.165, 1.54) is 0 Å². The van der Waals surface area contributed by atoms with Crippen LogP contribution >= 0.6 is 23.2 Å². The molecule has 0 radical (unpaired) electrons. The van der Waals surface area contributed by atoms with Crippen LogP contribution in [0.1, 0.15) is 5.56 Å². The molecular weight excluding hydrogens is 395 g/mol. The fraction of sp³-hybridized carbons (Fsp3) is 0.0455. The van der Waals surface area contributed by atoms with Crippen LogP contribution in [0.4, 0.5) is 0 Å². The highest BCUT2D eigenvalue weighted by atomic mass is 35.5. The van der Waals surface area contributed by atoms with Gasteiger partial charge in [0, 0.05) is 32.8 Å². The number of aromatic nitrogens is 2. The second kappa shape index (κ2) is 7.97.